The molecule has 102 valence electrons. The molecule has 4 heteroatoms. The predicted octanol–water partition coefficient (Wildman–Crippen LogP) is 2.16. The third-order valence-corrected chi connectivity index (χ3v) is 2.49. The van der Waals surface area contributed by atoms with Crippen LogP contribution in [0.5, 0.6) is 11.5 Å². The highest BCUT2D eigenvalue weighted by atomic mass is 16.5. The zero-order valence-corrected chi connectivity index (χ0v) is 11.4. The van der Waals surface area contributed by atoms with Crippen LogP contribution in [-0.4, -0.2) is 32.0 Å². The molecule has 1 aromatic rings. The van der Waals surface area contributed by atoms with Gasteiger partial charge in [-0.3, -0.25) is 0 Å². The number of benzene rings is 1. The van der Waals surface area contributed by atoms with E-state index in [-0.39, 0.29) is 5.75 Å². The number of para-hydroxylation sites is 1. The Labute approximate surface area is 109 Å². The number of ether oxygens (including phenoxy) is 2. The second-order valence-corrected chi connectivity index (χ2v) is 4.61. The lowest BCUT2D eigenvalue weighted by atomic mass is 10.2. The molecule has 0 aliphatic rings. The van der Waals surface area contributed by atoms with Crippen molar-refractivity contribution in [3.8, 4) is 11.5 Å². The molecule has 2 N–H and O–H groups in total. The van der Waals surface area contributed by atoms with Gasteiger partial charge in [-0.25, -0.2) is 0 Å². The molecule has 0 aliphatic heterocycles. The minimum absolute atomic E-state index is 0.204. The first kappa shape index (κ1) is 14.8. The molecule has 0 fully saturated rings. The van der Waals surface area contributed by atoms with Crippen molar-refractivity contribution >= 4 is 0 Å². The molecule has 0 saturated carbocycles. The standard InChI is InChI=1S/C14H23NO3/c1-11(2)10-18-8-7-15-9-12-5-4-6-13(17-3)14(12)16/h4-6,11,15-16H,7-10H2,1-3H3. The second-order valence-electron chi connectivity index (χ2n) is 4.61. The average Bonchev–Trinajstić information content (AvgIpc) is 2.35. The van der Waals surface area contributed by atoms with Gasteiger partial charge in [-0.15, -0.1) is 0 Å². The van der Waals surface area contributed by atoms with E-state index >= 15 is 0 Å². The van der Waals surface area contributed by atoms with Gasteiger partial charge in [-0.05, 0) is 12.0 Å². The van der Waals surface area contributed by atoms with Crippen molar-refractivity contribution in [3.63, 3.8) is 0 Å². The van der Waals surface area contributed by atoms with E-state index in [0.29, 0.717) is 24.8 Å². The molecule has 0 amide bonds. The number of methoxy groups -OCH3 is 1. The van der Waals surface area contributed by atoms with Crippen LogP contribution >= 0.6 is 0 Å². The Hall–Kier alpha value is -1.26. The Balaban J connectivity index is 2.27. The van der Waals surface area contributed by atoms with E-state index in [2.05, 4.69) is 19.2 Å². The minimum atomic E-state index is 0.204. The molecule has 0 aliphatic carbocycles. The van der Waals surface area contributed by atoms with E-state index in [0.717, 1.165) is 18.7 Å². The van der Waals surface area contributed by atoms with Crippen LogP contribution in [0.25, 0.3) is 0 Å². The SMILES string of the molecule is COc1cccc(CNCCOCC(C)C)c1O. The summed E-state index contributed by atoms with van der Waals surface area (Å²) < 4.78 is 10.5. The van der Waals surface area contributed by atoms with Crippen molar-refractivity contribution in [3.05, 3.63) is 23.8 Å². The van der Waals surface area contributed by atoms with Gasteiger partial charge in [0.15, 0.2) is 11.5 Å². The van der Waals surface area contributed by atoms with Crippen molar-refractivity contribution in [2.24, 2.45) is 5.92 Å². The molecule has 1 rings (SSSR count). The van der Waals surface area contributed by atoms with Crippen molar-refractivity contribution < 1.29 is 14.6 Å². The van der Waals surface area contributed by atoms with Crippen molar-refractivity contribution in [1.82, 2.24) is 5.32 Å². The summed E-state index contributed by atoms with van der Waals surface area (Å²) in [6.07, 6.45) is 0. The van der Waals surface area contributed by atoms with Gasteiger partial charge in [0.25, 0.3) is 0 Å². The van der Waals surface area contributed by atoms with Gasteiger partial charge in [-0.2, -0.15) is 0 Å². The summed E-state index contributed by atoms with van der Waals surface area (Å²) in [5.74, 6) is 1.27. The summed E-state index contributed by atoms with van der Waals surface area (Å²) >= 11 is 0. The Morgan fingerprint density at radius 3 is 2.78 bits per heavy atom. The van der Waals surface area contributed by atoms with Crippen LogP contribution in [0.3, 0.4) is 0 Å². The van der Waals surface area contributed by atoms with E-state index in [1.54, 1.807) is 13.2 Å². The minimum Gasteiger partial charge on any atom is -0.504 e. The molecule has 0 heterocycles. The van der Waals surface area contributed by atoms with E-state index in [1.807, 2.05) is 12.1 Å². The van der Waals surface area contributed by atoms with E-state index < -0.39 is 0 Å². The first-order valence-corrected chi connectivity index (χ1v) is 6.28. The van der Waals surface area contributed by atoms with Crippen LogP contribution in [0.1, 0.15) is 19.4 Å². The number of phenolic OH excluding ortho intramolecular Hbond substituents is 1. The lowest BCUT2D eigenvalue weighted by Crippen LogP contribution is -2.20. The summed E-state index contributed by atoms with van der Waals surface area (Å²) in [6.45, 7) is 7.09. The summed E-state index contributed by atoms with van der Waals surface area (Å²) in [5.41, 5.74) is 0.832. The fraction of sp³-hybridized carbons (Fsp3) is 0.571. The zero-order chi connectivity index (χ0) is 13.4. The number of hydrogen-bond acceptors (Lipinski definition) is 4. The third-order valence-electron chi connectivity index (χ3n) is 2.49. The van der Waals surface area contributed by atoms with Gasteiger partial charge in [0.1, 0.15) is 0 Å². The van der Waals surface area contributed by atoms with Crippen LogP contribution in [0, 0.1) is 5.92 Å². The molecule has 0 spiro atoms. The number of nitrogens with one attached hydrogen (secondary N) is 1. The van der Waals surface area contributed by atoms with E-state index in [4.69, 9.17) is 9.47 Å². The lowest BCUT2D eigenvalue weighted by molar-refractivity contribution is 0.111. The van der Waals surface area contributed by atoms with Crippen LogP contribution in [0.2, 0.25) is 0 Å². The lowest BCUT2D eigenvalue weighted by Gasteiger charge is -2.10. The van der Waals surface area contributed by atoms with Crippen molar-refractivity contribution in [2.45, 2.75) is 20.4 Å². The van der Waals surface area contributed by atoms with Gasteiger partial charge >= 0.3 is 0 Å². The molecule has 0 radical (unpaired) electrons. The van der Waals surface area contributed by atoms with E-state index in [1.165, 1.54) is 0 Å². The number of phenols is 1. The first-order chi connectivity index (χ1) is 8.65. The molecule has 1 aromatic carbocycles. The Morgan fingerprint density at radius 2 is 2.11 bits per heavy atom. The molecule has 0 atom stereocenters. The summed E-state index contributed by atoms with van der Waals surface area (Å²) in [7, 11) is 1.55. The average molecular weight is 253 g/mol. The number of aromatic hydroxyl groups is 1. The molecule has 18 heavy (non-hydrogen) atoms. The molecule has 0 bridgehead atoms. The van der Waals surface area contributed by atoms with Crippen LogP contribution < -0.4 is 10.1 Å². The number of rotatable bonds is 8. The Morgan fingerprint density at radius 1 is 1.33 bits per heavy atom. The molecule has 0 unspecified atom stereocenters. The normalized spacial score (nSPS) is 10.9. The topological polar surface area (TPSA) is 50.7 Å². The highest BCUT2D eigenvalue weighted by molar-refractivity contribution is 5.45. The fourth-order valence-electron chi connectivity index (χ4n) is 1.56. The molecule has 0 saturated heterocycles. The molecular formula is C14H23NO3. The second kappa shape index (κ2) is 7.95. The maximum absolute atomic E-state index is 9.87. The summed E-state index contributed by atoms with van der Waals surface area (Å²) in [4.78, 5) is 0. The monoisotopic (exact) mass is 253 g/mol. The van der Waals surface area contributed by atoms with Gasteiger partial charge in [0.2, 0.25) is 0 Å². The number of hydrogen-bond donors (Lipinski definition) is 2. The fourth-order valence-corrected chi connectivity index (χ4v) is 1.56. The van der Waals surface area contributed by atoms with Gasteiger partial charge < -0.3 is 19.9 Å². The molecule has 0 aromatic heterocycles. The van der Waals surface area contributed by atoms with E-state index in [9.17, 15) is 5.11 Å². The highest BCUT2D eigenvalue weighted by Gasteiger charge is 2.06. The quantitative estimate of drug-likeness (QED) is 0.697. The van der Waals surface area contributed by atoms with Crippen LogP contribution in [0.4, 0.5) is 0 Å². The predicted molar refractivity (Wildman–Crippen MR) is 72.0 cm³/mol. The van der Waals surface area contributed by atoms with Crippen LogP contribution in [-0.2, 0) is 11.3 Å². The Kier molecular flexibility index (Phi) is 6.54. The largest absolute Gasteiger partial charge is 0.504 e. The van der Waals surface area contributed by atoms with Crippen molar-refractivity contribution in [1.29, 1.82) is 0 Å². The summed E-state index contributed by atoms with van der Waals surface area (Å²) in [5, 5.41) is 13.1. The zero-order valence-electron chi connectivity index (χ0n) is 11.4. The first-order valence-electron chi connectivity index (χ1n) is 6.28. The van der Waals surface area contributed by atoms with Crippen LogP contribution in [0.15, 0.2) is 18.2 Å². The summed E-state index contributed by atoms with van der Waals surface area (Å²) in [6, 6.07) is 5.48. The molecule has 4 nitrogen and oxygen atoms in total. The third kappa shape index (κ3) is 4.94. The smallest absolute Gasteiger partial charge is 0.162 e. The van der Waals surface area contributed by atoms with Gasteiger partial charge in [-0.1, -0.05) is 26.0 Å². The molecular weight excluding hydrogens is 230 g/mol. The van der Waals surface area contributed by atoms with Gasteiger partial charge in [0, 0.05) is 25.3 Å². The maximum Gasteiger partial charge on any atom is 0.162 e. The Bertz CT molecular complexity index is 353. The van der Waals surface area contributed by atoms with Crippen molar-refractivity contribution in [2.75, 3.05) is 26.9 Å². The maximum atomic E-state index is 9.87. The highest BCUT2D eigenvalue weighted by Crippen LogP contribution is 2.28. The van der Waals surface area contributed by atoms with Gasteiger partial charge in [0.05, 0.1) is 13.7 Å².